The Morgan fingerprint density at radius 2 is 2.09 bits per heavy atom. The van der Waals surface area contributed by atoms with Crippen LogP contribution in [0, 0.1) is 12.8 Å². The maximum Gasteiger partial charge on any atom is 0.320 e. The number of hydrogen-bond acceptors (Lipinski definition) is 6. The lowest BCUT2D eigenvalue weighted by atomic mass is 10.00. The molecule has 1 aliphatic rings. The van der Waals surface area contributed by atoms with Crippen molar-refractivity contribution < 1.29 is 19.4 Å². The number of benzene rings is 1. The van der Waals surface area contributed by atoms with Crippen molar-refractivity contribution in [3.63, 3.8) is 0 Å². The minimum Gasteiger partial charge on any atom is -0.492 e. The van der Waals surface area contributed by atoms with E-state index in [-0.39, 0.29) is 5.56 Å². The van der Waals surface area contributed by atoms with Gasteiger partial charge in [-0.05, 0) is 50.8 Å². The summed E-state index contributed by atoms with van der Waals surface area (Å²) >= 11 is 0. The Balaban J connectivity index is 1.65. The summed E-state index contributed by atoms with van der Waals surface area (Å²) in [6.45, 7) is 6.54. The second-order valence-corrected chi connectivity index (χ2v) is 8.94. The summed E-state index contributed by atoms with van der Waals surface area (Å²) in [4.78, 5) is 28.1. The number of rotatable bonds is 9. The van der Waals surface area contributed by atoms with Crippen molar-refractivity contribution in [1.29, 1.82) is 0 Å². The summed E-state index contributed by atoms with van der Waals surface area (Å²) in [6.07, 6.45) is 3.83. The van der Waals surface area contributed by atoms with Gasteiger partial charge in [0.05, 0.1) is 11.0 Å². The van der Waals surface area contributed by atoms with E-state index in [0.29, 0.717) is 30.4 Å². The van der Waals surface area contributed by atoms with E-state index in [1.807, 2.05) is 37.4 Å². The zero-order valence-electron chi connectivity index (χ0n) is 19.9. The largest absolute Gasteiger partial charge is 0.492 e. The molecule has 0 radical (unpaired) electrons. The molecular formula is C25H32N4O5. The van der Waals surface area contributed by atoms with Crippen LogP contribution < -0.4 is 15.6 Å². The van der Waals surface area contributed by atoms with Gasteiger partial charge in [0.25, 0.3) is 5.56 Å². The van der Waals surface area contributed by atoms with Gasteiger partial charge in [-0.15, -0.1) is 0 Å². The van der Waals surface area contributed by atoms with Gasteiger partial charge in [0.1, 0.15) is 24.2 Å². The summed E-state index contributed by atoms with van der Waals surface area (Å²) in [7, 11) is 1.76. The molecule has 2 N–H and O–H groups in total. The molecule has 9 nitrogen and oxygen atoms in total. The number of carboxylic acid groups (broad SMARTS) is 1. The van der Waals surface area contributed by atoms with E-state index < -0.39 is 12.0 Å². The highest BCUT2D eigenvalue weighted by Crippen LogP contribution is 2.30. The van der Waals surface area contributed by atoms with Crippen LogP contribution in [0.4, 0.5) is 0 Å². The molecule has 1 aromatic carbocycles. The molecule has 3 aromatic rings. The van der Waals surface area contributed by atoms with E-state index in [2.05, 4.69) is 9.88 Å². The Morgan fingerprint density at radius 1 is 1.32 bits per heavy atom. The predicted octanol–water partition coefficient (Wildman–Crippen LogP) is 2.58. The zero-order valence-corrected chi connectivity index (χ0v) is 19.9. The third-order valence-corrected chi connectivity index (χ3v) is 6.31. The van der Waals surface area contributed by atoms with Crippen LogP contribution in [0.1, 0.15) is 25.3 Å². The number of carboxylic acids is 1. The van der Waals surface area contributed by atoms with E-state index in [1.54, 1.807) is 18.5 Å². The molecule has 0 spiro atoms. The first-order chi connectivity index (χ1) is 16.3. The van der Waals surface area contributed by atoms with Gasteiger partial charge < -0.3 is 29.0 Å². The number of ether oxygens (including phenoxy) is 2. The molecule has 3 heterocycles. The third-order valence-electron chi connectivity index (χ3n) is 6.31. The molecular weight excluding hydrogens is 436 g/mol. The van der Waals surface area contributed by atoms with E-state index in [9.17, 15) is 9.59 Å². The van der Waals surface area contributed by atoms with E-state index >= 15 is 0 Å². The van der Waals surface area contributed by atoms with Crippen LogP contribution in [0.5, 0.6) is 5.75 Å². The third kappa shape index (κ3) is 5.31. The number of nitrogens with zero attached hydrogens (tertiary/aromatic N) is 3. The van der Waals surface area contributed by atoms with Crippen molar-refractivity contribution in [3.05, 3.63) is 46.4 Å². The molecule has 0 bridgehead atoms. The fourth-order valence-corrected chi connectivity index (χ4v) is 4.32. The second-order valence-electron chi connectivity index (χ2n) is 8.94. The lowest BCUT2D eigenvalue weighted by molar-refractivity contribution is -0.139. The number of pyridine rings is 1. The van der Waals surface area contributed by atoms with Crippen LogP contribution in [0.15, 0.2) is 35.3 Å². The minimum atomic E-state index is -0.889. The van der Waals surface area contributed by atoms with Gasteiger partial charge in [0, 0.05) is 56.7 Å². The van der Waals surface area contributed by atoms with E-state index in [0.717, 1.165) is 55.0 Å². The van der Waals surface area contributed by atoms with E-state index in [4.69, 9.17) is 19.6 Å². The van der Waals surface area contributed by atoms with Gasteiger partial charge in [0.15, 0.2) is 0 Å². The summed E-state index contributed by atoms with van der Waals surface area (Å²) in [5.41, 5.74) is 3.39. The average molecular weight is 469 g/mol. The maximum absolute atomic E-state index is 12.2. The number of aromatic nitrogens is 3. The smallest absolute Gasteiger partial charge is 0.320 e. The topological polar surface area (TPSA) is 108 Å². The van der Waals surface area contributed by atoms with Gasteiger partial charge >= 0.3 is 5.97 Å². The Morgan fingerprint density at radius 3 is 2.79 bits per heavy atom. The average Bonchev–Trinajstić information content (AvgIpc) is 3.18. The van der Waals surface area contributed by atoms with Crippen LogP contribution in [-0.2, 0) is 23.1 Å². The van der Waals surface area contributed by atoms with E-state index in [1.165, 1.54) is 0 Å². The molecule has 9 heteroatoms. The number of hydrogen-bond donors (Lipinski definition) is 2. The summed E-state index contributed by atoms with van der Waals surface area (Å²) in [5.74, 6) is 1.12. The first-order valence-electron chi connectivity index (χ1n) is 11.7. The SMILES string of the molecule is Cc1cc(-c2nc3ccc(OCCN[C@@H](C)C(=O)O)cc3n2CC2CCOCC2)cn(C)c1=O. The number of nitrogens with one attached hydrogen (secondary N) is 1. The van der Waals surface area contributed by atoms with Crippen molar-refractivity contribution in [2.24, 2.45) is 13.0 Å². The fraction of sp³-hybridized carbons (Fsp3) is 0.480. The highest BCUT2D eigenvalue weighted by atomic mass is 16.5. The normalized spacial score (nSPS) is 15.5. The van der Waals surface area contributed by atoms with Crippen molar-refractivity contribution in [2.45, 2.75) is 39.3 Å². The molecule has 0 aliphatic carbocycles. The van der Waals surface area contributed by atoms with Crippen LogP contribution in [0.25, 0.3) is 22.4 Å². The number of aliphatic carboxylic acids is 1. The van der Waals surface area contributed by atoms with Gasteiger partial charge in [-0.1, -0.05) is 0 Å². The van der Waals surface area contributed by atoms with Crippen LogP contribution in [-0.4, -0.2) is 57.6 Å². The molecule has 182 valence electrons. The molecule has 1 fully saturated rings. The second kappa shape index (κ2) is 10.4. The molecule has 1 saturated heterocycles. The van der Waals surface area contributed by atoms with Crippen molar-refractivity contribution in [2.75, 3.05) is 26.4 Å². The van der Waals surface area contributed by atoms with Gasteiger partial charge in [-0.2, -0.15) is 0 Å². The number of aryl methyl sites for hydroxylation is 2. The van der Waals surface area contributed by atoms with Crippen molar-refractivity contribution in [1.82, 2.24) is 19.4 Å². The van der Waals surface area contributed by atoms with Crippen molar-refractivity contribution >= 4 is 17.0 Å². The van der Waals surface area contributed by atoms with Crippen molar-refractivity contribution in [3.8, 4) is 17.1 Å². The van der Waals surface area contributed by atoms with Gasteiger partial charge in [-0.3, -0.25) is 9.59 Å². The lowest BCUT2D eigenvalue weighted by Crippen LogP contribution is -2.36. The van der Waals surface area contributed by atoms with Crippen LogP contribution in [0.3, 0.4) is 0 Å². The zero-order chi connectivity index (χ0) is 24.2. The molecule has 2 aromatic heterocycles. The monoisotopic (exact) mass is 468 g/mol. The molecule has 0 unspecified atom stereocenters. The molecule has 4 rings (SSSR count). The summed E-state index contributed by atoms with van der Waals surface area (Å²) < 4.78 is 15.3. The first kappa shape index (κ1) is 24.0. The standard InChI is InChI=1S/C25H32N4O5/c1-16-12-19(15-28(3)24(16)30)23-27-21-5-4-20(34-11-8-26-17(2)25(31)32)13-22(21)29(23)14-18-6-9-33-10-7-18/h4-5,12-13,15,17-18,26H,6-11,14H2,1-3H3,(H,31,32)/t17-/m0/s1. The molecule has 0 saturated carbocycles. The highest BCUT2D eigenvalue weighted by Gasteiger charge is 2.20. The summed E-state index contributed by atoms with van der Waals surface area (Å²) in [6, 6.07) is 7.08. The van der Waals surface area contributed by atoms with Crippen LogP contribution in [0.2, 0.25) is 0 Å². The minimum absolute atomic E-state index is 0.0163. The number of carbonyl (C=O) groups is 1. The fourth-order valence-electron chi connectivity index (χ4n) is 4.32. The quantitative estimate of drug-likeness (QED) is 0.465. The highest BCUT2D eigenvalue weighted by molar-refractivity contribution is 5.82. The van der Waals surface area contributed by atoms with Gasteiger partial charge in [0.2, 0.25) is 0 Å². The lowest BCUT2D eigenvalue weighted by Gasteiger charge is -2.23. The Hall–Kier alpha value is -3.17. The molecule has 0 amide bonds. The van der Waals surface area contributed by atoms with Crippen LogP contribution >= 0.6 is 0 Å². The van der Waals surface area contributed by atoms with Gasteiger partial charge in [-0.25, -0.2) is 4.98 Å². The maximum atomic E-state index is 12.2. The number of fused-ring (bicyclic) bond motifs is 1. The summed E-state index contributed by atoms with van der Waals surface area (Å²) in [5, 5.41) is 11.9. The molecule has 34 heavy (non-hydrogen) atoms. The Labute approximate surface area is 198 Å². The predicted molar refractivity (Wildman–Crippen MR) is 129 cm³/mol. The first-order valence-corrected chi connectivity index (χ1v) is 11.7. The Kier molecular flexibility index (Phi) is 7.33. The Bertz CT molecular complexity index is 1200. The molecule has 1 aliphatic heterocycles. The molecule has 1 atom stereocenters. The number of imidazole rings is 1.